The monoisotopic (exact) mass is 500 g/mol. The Bertz CT molecular complexity index is 1420. The molecular formula is C29H29ClN4O2. The zero-order valence-corrected chi connectivity index (χ0v) is 21.3. The minimum absolute atomic E-state index is 0.105. The molecule has 0 aliphatic carbocycles. The van der Waals surface area contributed by atoms with E-state index in [4.69, 9.17) is 16.6 Å². The van der Waals surface area contributed by atoms with Crippen molar-refractivity contribution in [2.45, 2.75) is 38.6 Å². The van der Waals surface area contributed by atoms with Crippen molar-refractivity contribution in [2.75, 3.05) is 18.5 Å². The summed E-state index contributed by atoms with van der Waals surface area (Å²) in [7, 11) is 1.70. The number of hydrogen-bond donors (Lipinski definition) is 1. The van der Waals surface area contributed by atoms with Gasteiger partial charge in [0, 0.05) is 37.1 Å². The first-order valence-corrected chi connectivity index (χ1v) is 12.7. The van der Waals surface area contributed by atoms with Crippen molar-refractivity contribution in [1.29, 1.82) is 0 Å². The van der Waals surface area contributed by atoms with E-state index in [2.05, 4.69) is 12.2 Å². The number of amides is 2. The van der Waals surface area contributed by atoms with Crippen LogP contribution in [-0.2, 0) is 13.0 Å². The van der Waals surface area contributed by atoms with E-state index in [-0.39, 0.29) is 17.7 Å². The van der Waals surface area contributed by atoms with Gasteiger partial charge in [0.25, 0.3) is 11.8 Å². The molecule has 5 rings (SSSR count). The van der Waals surface area contributed by atoms with Crippen LogP contribution in [0.15, 0.2) is 66.7 Å². The molecule has 0 saturated carbocycles. The number of rotatable bonds is 6. The first kappa shape index (κ1) is 24.1. The van der Waals surface area contributed by atoms with Gasteiger partial charge in [-0.1, -0.05) is 67.1 Å². The molecule has 1 atom stereocenters. The van der Waals surface area contributed by atoms with Gasteiger partial charge < -0.3 is 9.88 Å². The van der Waals surface area contributed by atoms with Crippen LogP contribution in [0.4, 0.5) is 5.82 Å². The molecule has 0 fully saturated rings. The molecule has 0 bridgehead atoms. The maximum absolute atomic E-state index is 13.7. The molecule has 1 N–H and O–H groups in total. The average molecular weight is 501 g/mol. The number of benzene rings is 3. The van der Waals surface area contributed by atoms with Gasteiger partial charge in [0.1, 0.15) is 5.82 Å². The Hall–Kier alpha value is -3.64. The van der Waals surface area contributed by atoms with Crippen LogP contribution < -0.4 is 10.2 Å². The Labute approximate surface area is 215 Å². The van der Waals surface area contributed by atoms with Gasteiger partial charge in [0.2, 0.25) is 0 Å². The van der Waals surface area contributed by atoms with Gasteiger partial charge in [-0.2, -0.15) is 0 Å². The van der Waals surface area contributed by atoms with Gasteiger partial charge in [0.05, 0.1) is 0 Å². The Morgan fingerprint density at radius 1 is 1.06 bits per heavy atom. The highest BCUT2D eigenvalue weighted by atomic mass is 35.5. The van der Waals surface area contributed by atoms with Crippen LogP contribution in [0, 0.1) is 0 Å². The van der Waals surface area contributed by atoms with Crippen LogP contribution in [0.3, 0.4) is 0 Å². The van der Waals surface area contributed by atoms with Crippen LogP contribution in [0.5, 0.6) is 0 Å². The summed E-state index contributed by atoms with van der Waals surface area (Å²) in [5, 5.41) is 5.64. The summed E-state index contributed by atoms with van der Waals surface area (Å²) in [5.41, 5.74) is 2.13. The standard InChI is InChI=1S/C29H29ClN4O2/c1-19(20-13-15-22(30)16-14-20)18-31-28(35)26-27(32-25-12-5-6-17-34(25)26)33(2)29(36)24-11-7-9-21-8-3-4-10-23(21)24/h3-4,7-11,13-16,19H,5-6,12,17-18H2,1-2H3,(H,31,35). The first-order valence-electron chi connectivity index (χ1n) is 12.3. The maximum Gasteiger partial charge on any atom is 0.271 e. The van der Waals surface area contributed by atoms with Crippen molar-refractivity contribution in [3.8, 4) is 0 Å². The second-order valence-electron chi connectivity index (χ2n) is 9.36. The fraction of sp³-hybridized carbons (Fsp3) is 0.276. The number of hydrogen-bond acceptors (Lipinski definition) is 3. The molecule has 1 unspecified atom stereocenters. The van der Waals surface area contributed by atoms with Gasteiger partial charge in [-0.25, -0.2) is 4.98 Å². The molecule has 6 nitrogen and oxygen atoms in total. The normalized spacial score (nSPS) is 13.8. The van der Waals surface area contributed by atoms with E-state index in [1.807, 2.05) is 71.3 Å². The van der Waals surface area contributed by atoms with Gasteiger partial charge in [-0.15, -0.1) is 0 Å². The molecule has 2 amide bonds. The van der Waals surface area contributed by atoms with Crippen LogP contribution in [0.2, 0.25) is 5.02 Å². The van der Waals surface area contributed by atoms with Crippen molar-refractivity contribution in [3.63, 3.8) is 0 Å². The second-order valence-corrected chi connectivity index (χ2v) is 9.80. The van der Waals surface area contributed by atoms with Crippen LogP contribution >= 0.6 is 11.6 Å². The molecule has 1 aliphatic rings. The lowest BCUT2D eigenvalue weighted by Crippen LogP contribution is -2.33. The highest BCUT2D eigenvalue weighted by Gasteiger charge is 2.30. The topological polar surface area (TPSA) is 67.2 Å². The number of nitrogens with one attached hydrogen (secondary N) is 1. The number of carbonyl (C=O) groups is 2. The number of halogens is 1. The molecule has 184 valence electrons. The van der Waals surface area contributed by atoms with Crippen molar-refractivity contribution in [2.24, 2.45) is 0 Å². The van der Waals surface area contributed by atoms with Gasteiger partial charge >= 0.3 is 0 Å². The first-order chi connectivity index (χ1) is 17.4. The molecule has 1 aromatic heterocycles. The van der Waals surface area contributed by atoms with Crippen molar-refractivity contribution in [3.05, 3.63) is 94.4 Å². The van der Waals surface area contributed by atoms with E-state index in [0.29, 0.717) is 35.2 Å². The van der Waals surface area contributed by atoms with Crippen molar-refractivity contribution >= 4 is 40.0 Å². The fourth-order valence-corrected chi connectivity index (χ4v) is 4.98. The van der Waals surface area contributed by atoms with Gasteiger partial charge in [-0.05, 0) is 53.3 Å². The maximum atomic E-state index is 13.7. The third-order valence-corrected chi connectivity index (χ3v) is 7.18. The zero-order valence-electron chi connectivity index (χ0n) is 20.5. The highest BCUT2D eigenvalue weighted by molar-refractivity contribution is 6.30. The molecule has 7 heteroatoms. The highest BCUT2D eigenvalue weighted by Crippen LogP contribution is 2.28. The minimum Gasteiger partial charge on any atom is -0.350 e. The lowest BCUT2D eigenvalue weighted by molar-refractivity contribution is 0.0941. The Morgan fingerprint density at radius 3 is 2.61 bits per heavy atom. The predicted octanol–water partition coefficient (Wildman–Crippen LogP) is 5.84. The molecule has 1 aliphatic heterocycles. The molecule has 0 saturated heterocycles. The quantitative estimate of drug-likeness (QED) is 0.362. The zero-order chi connectivity index (χ0) is 25.2. The molecule has 0 radical (unpaired) electrons. The Morgan fingerprint density at radius 2 is 1.81 bits per heavy atom. The summed E-state index contributed by atoms with van der Waals surface area (Å²) in [5.74, 6) is 0.953. The SMILES string of the molecule is CC(CNC(=O)c1c(N(C)C(=O)c2cccc3ccccc23)nc2n1CCCC2)c1ccc(Cl)cc1. The summed E-state index contributed by atoms with van der Waals surface area (Å²) in [4.78, 5) is 33.5. The number of fused-ring (bicyclic) bond motifs is 2. The van der Waals surface area contributed by atoms with Crippen LogP contribution in [-0.4, -0.2) is 35.0 Å². The van der Waals surface area contributed by atoms with Gasteiger partial charge in [0.15, 0.2) is 11.5 Å². The minimum atomic E-state index is -0.218. The van der Waals surface area contributed by atoms with E-state index in [1.165, 1.54) is 4.90 Å². The molecular weight excluding hydrogens is 472 g/mol. The number of carbonyl (C=O) groups excluding carboxylic acids is 2. The third kappa shape index (κ3) is 4.61. The third-order valence-electron chi connectivity index (χ3n) is 6.93. The summed E-state index contributed by atoms with van der Waals surface area (Å²) in [6, 6.07) is 21.2. The lowest BCUT2D eigenvalue weighted by Gasteiger charge is -2.20. The Kier molecular flexibility index (Phi) is 6.79. The smallest absolute Gasteiger partial charge is 0.271 e. The second kappa shape index (κ2) is 10.2. The predicted molar refractivity (Wildman–Crippen MR) is 144 cm³/mol. The van der Waals surface area contributed by atoms with Gasteiger partial charge in [-0.3, -0.25) is 14.5 Å². The van der Waals surface area contributed by atoms with Crippen molar-refractivity contribution < 1.29 is 9.59 Å². The number of aryl methyl sites for hydroxylation is 1. The fourth-order valence-electron chi connectivity index (χ4n) is 4.86. The molecule has 0 spiro atoms. The van der Waals surface area contributed by atoms with Crippen molar-refractivity contribution in [1.82, 2.24) is 14.9 Å². The number of imidazole rings is 1. The number of nitrogens with zero attached hydrogens (tertiary/aromatic N) is 3. The lowest BCUT2D eigenvalue weighted by atomic mass is 10.0. The van der Waals surface area contributed by atoms with Crippen LogP contribution in [0.1, 0.15) is 57.9 Å². The Balaban J connectivity index is 1.44. The molecule has 4 aromatic rings. The summed E-state index contributed by atoms with van der Waals surface area (Å²) >= 11 is 6.02. The van der Waals surface area contributed by atoms with E-state index in [0.717, 1.165) is 41.4 Å². The molecule has 3 aromatic carbocycles. The van der Waals surface area contributed by atoms with E-state index < -0.39 is 0 Å². The molecule has 2 heterocycles. The number of aromatic nitrogens is 2. The summed E-state index contributed by atoms with van der Waals surface area (Å²) in [6.45, 7) is 3.24. The summed E-state index contributed by atoms with van der Waals surface area (Å²) in [6.07, 6.45) is 2.79. The average Bonchev–Trinajstić information content (AvgIpc) is 3.30. The largest absolute Gasteiger partial charge is 0.350 e. The van der Waals surface area contributed by atoms with E-state index >= 15 is 0 Å². The van der Waals surface area contributed by atoms with Crippen LogP contribution in [0.25, 0.3) is 10.8 Å². The molecule has 36 heavy (non-hydrogen) atoms. The van der Waals surface area contributed by atoms with E-state index in [1.54, 1.807) is 7.05 Å². The number of anilines is 1. The van der Waals surface area contributed by atoms with E-state index in [9.17, 15) is 9.59 Å². The summed E-state index contributed by atoms with van der Waals surface area (Å²) < 4.78 is 1.98.